The van der Waals surface area contributed by atoms with Gasteiger partial charge in [-0.05, 0) is 31.1 Å². The Hall–Kier alpha value is -1.59. The Bertz CT molecular complexity index is 1020. The van der Waals surface area contributed by atoms with Crippen LogP contribution in [0.1, 0.15) is 343 Å². The molecule has 0 bridgehead atoms. The highest BCUT2D eigenvalue weighted by atomic mass is 16.6. The molecule has 6 heteroatoms. The first-order valence-corrected chi connectivity index (χ1v) is 30.2. The van der Waals surface area contributed by atoms with Gasteiger partial charge in [0.2, 0.25) is 0 Å². The number of unbranched alkanes of at least 4 members (excludes halogenated alkanes) is 40. The van der Waals surface area contributed by atoms with Crippen molar-refractivity contribution in [1.29, 1.82) is 0 Å². The van der Waals surface area contributed by atoms with Crippen LogP contribution in [-0.4, -0.2) is 37.2 Å². The molecule has 6 nitrogen and oxygen atoms in total. The fourth-order valence-electron chi connectivity index (χ4n) is 9.40. The quantitative estimate of drug-likeness (QED) is 0.0343. The summed E-state index contributed by atoms with van der Waals surface area (Å²) in [4.78, 5) is 38.2. The van der Waals surface area contributed by atoms with E-state index in [-0.39, 0.29) is 31.1 Å². The van der Waals surface area contributed by atoms with E-state index in [1.807, 2.05) is 0 Å². The van der Waals surface area contributed by atoms with Gasteiger partial charge in [0.15, 0.2) is 6.10 Å². The van der Waals surface area contributed by atoms with Crippen molar-refractivity contribution in [2.24, 2.45) is 11.8 Å². The average Bonchev–Trinajstić information content (AvgIpc) is 3.30. The summed E-state index contributed by atoms with van der Waals surface area (Å²) in [6.07, 6.45) is 58.1. The number of rotatable bonds is 55. The van der Waals surface area contributed by atoms with Crippen molar-refractivity contribution in [2.75, 3.05) is 13.2 Å². The van der Waals surface area contributed by atoms with Crippen LogP contribution in [0.3, 0.4) is 0 Å². The minimum absolute atomic E-state index is 0.0622. The summed E-state index contributed by atoms with van der Waals surface area (Å²) in [5.41, 5.74) is 0. The fraction of sp³-hybridized carbons (Fsp3) is 0.951. The number of hydrogen-bond acceptors (Lipinski definition) is 6. The van der Waals surface area contributed by atoms with Crippen molar-refractivity contribution in [1.82, 2.24) is 0 Å². The number of ether oxygens (including phenoxy) is 3. The standard InChI is InChI=1S/C61H118O6/c1-6-7-8-9-10-11-12-19-28-33-38-43-48-53-61(64)67-58(55-66-60(63)52-47-42-37-32-27-23-22-25-30-35-40-45-50-57(4)5)54-65-59(62)51-46-41-36-31-26-21-18-16-14-13-15-17-20-24-29-34-39-44-49-56(2)3/h56-58H,6-55H2,1-5H3/t58-/m1/s1. The molecule has 0 unspecified atom stereocenters. The van der Waals surface area contributed by atoms with Gasteiger partial charge in [-0.25, -0.2) is 0 Å². The van der Waals surface area contributed by atoms with E-state index in [1.54, 1.807) is 0 Å². The molecule has 0 heterocycles. The molecule has 0 amide bonds. The van der Waals surface area contributed by atoms with Crippen LogP contribution in [-0.2, 0) is 28.6 Å². The monoisotopic (exact) mass is 947 g/mol. The lowest BCUT2D eigenvalue weighted by molar-refractivity contribution is -0.167. The Balaban J connectivity index is 4.24. The van der Waals surface area contributed by atoms with Crippen LogP contribution >= 0.6 is 0 Å². The minimum atomic E-state index is -0.762. The molecule has 0 fully saturated rings. The molecule has 0 rings (SSSR count). The summed E-state index contributed by atoms with van der Waals surface area (Å²) in [5, 5.41) is 0. The SMILES string of the molecule is CCCCCCCCCCCCCCCC(=O)O[C@H](COC(=O)CCCCCCCCCCCCCCCCCCCCC(C)C)COC(=O)CCCCCCCCCCCCCCC(C)C. The lowest BCUT2D eigenvalue weighted by Crippen LogP contribution is -2.30. The van der Waals surface area contributed by atoms with E-state index in [0.29, 0.717) is 19.3 Å². The van der Waals surface area contributed by atoms with Crippen molar-refractivity contribution in [3.8, 4) is 0 Å². The summed E-state index contributed by atoms with van der Waals surface area (Å²) in [7, 11) is 0. The van der Waals surface area contributed by atoms with Crippen LogP contribution < -0.4 is 0 Å². The highest BCUT2D eigenvalue weighted by Gasteiger charge is 2.19. The largest absolute Gasteiger partial charge is 0.462 e. The summed E-state index contributed by atoms with van der Waals surface area (Å²) in [6, 6.07) is 0. The normalized spacial score (nSPS) is 12.0. The van der Waals surface area contributed by atoms with E-state index in [2.05, 4.69) is 34.6 Å². The van der Waals surface area contributed by atoms with Crippen LogP contribution in [0.4, 0.5) is 0 Å². The maximum atomic E-state index is 12.8. The first-order chi connectivity index (χ1) is 32.7. The predicted molar refractivity (Wildman–Crippen MR) is 289 cm³/mol. The average molecular weight is 948 g/mol. The fourth-order valence-corrected chi connectivity index (χ4v) is 9.40. The first-order valence-electron chi connectivity index (χ1n) is 30.2. The molecule has 398 valence electrons. The summed E-state index contributed by atoms with van der Waals surface area (Å²) in [6.45, 7) is 11.4. The van der Waals surface area contributed by atoms with Gasteiger partial charge in [0, 0.05) is 19.3 Å². The van der Waals surface area contributed by atoms with Crippen molar-refractivity contribution < 1.29 is 28.6 Å². The van der Waals surface area contributed by atoms with E-state index < -0.39 is 6.10 Å². The van der Waals surface area contributed by atoms with E-state index in [0.717, 1.165) is 69.6 Å². The van der Waals surface area contributed by atoms with Crippen LogP contribution in [0.5, 0.6) is 0 Å². The molecule has 0 aromatic carbocycles. The van der Waals surface area contributed by atoms with Gasteiger partial charge in [0.1, 0.15) is 13.2 Å². The van der Waals surface area contributed by atoms with E-state index in [9.17, 15) is 14.4 Å². The van der Waals surface area contributed by atoms with Crippen molar-refractivity contribution in [3.05, 3.63) is 0 Å². The van der Waals surface area contributed by atoms with Gasteiger partial charge >= 0.3 is 17.9 Å². The van der Waals surface area contributed by atoms with Gasteiger partial charge in [-0.2, -0.15) is 0 Å². The molecule has 0 spiro atoms. The Morgan fingerprint density at radius 2 is 0.493 bits per heavy atom. The van der Waals surface area contributed by atoms with Crippen molar-refractivity contribution in [2.45, 2.75) is 349 Å². The molecule has 0 aliphatic heterocycles. The van der Waals surface area contributed by atoms with Crippen LogP contribution in [0.15, 0.2) is 0 Å². The van der Waals surface area contributed by atoms with E-state index in [4.69, 9.17) is 14.2 Å². The van der Waals surface area contributed by atoms with E-state index in [1.165, 1.54) is 231 Å². The van der Waals surface area contributed by atoms with E-state index >= 15 is 0 Å². The molecule has 67 heavy (non-hydrogen) atoms. The number of carbonyl (C=O) groups excluding carboxylic acids is 3. The molecule has 0 aromatic heterocycles. The molecular formula is C61H118O6. The van der Waals surface area contributed by atoms with Gasteiger partial charge in [-0.15, -0.1) is 0 Å². The summed E-state index contributed by atoms with van der Waals surface area (Å²) in [5.74, 6) is 0.857. The minimum Gasteiger partial charge on any atom is -0.462 e. The summed E-state index contributed by atoms with van der Waals surface area (Å²) < 4.78 is 16.9. The molecule has 0 aliphatic carbocycles. The Morgan fingerprint density at radius 1 is 0.284 bits per heavy atom. The van der Waals surface area contributed by atoms with Gasteiger partial charge in [-0.3, -0.25) is 14.4 Å². The van der Waals surface area contributed by atoms with Crippen molar-refractivity contribution in [3.63, 3.8) is 0 Å². The van der Waals surface area contributed by atoms with Crippen LogP contribution in [0, 0.1) is 11.8 Å². The molecule has 0 saturated carbocycles. The van der Waals surface area contributed by atoms with Crippen LogP contribution in [0.2, 0.25) is 0 Å². The number of carbonyl (C=O) groups is 3. The number of hydrogen-bond donors (Lipinski definition) is 0. The lowest BCUT2D eigenvalue weighted by Gasteiger charge is -2.18. The maximum absolute atomic E-state index is 12.8. The molecule has 0 N–H and O–H groups in total. The third kappa shape index (κ3) is 55.2. The zero-order valence-corrected chi connectivity index (χ0v) is 46.0. The molecule has 0 aromatic rings. The van der Waals surface area contributed by atoms with Gasteiger partial charge < -0.3 is 14.2 Å². The Morgan fingerprint density at radius 3 is 0.731 bits per heavy atom. The maximum Gasteiger partial charge on any atom is 0.306 e. The second-order valence-electron chi connectivity index (χ2n) is 21.9. The molecule has 0 aliphatic rings. The van der Waals surface area contributed by atoms with Gasteiger partial charge in [0.05, 0.1) is 0 Å². The number of esters is 3. The molecule has 0 radical (unpaired) electrons. The second-order valence-corrected chi connectivity index (χ2v) is 21.9. The summed E-state index contributed by atoms with van der Waals surface area (Å²) >= 11 is 0. The third-order valence-corrected chi connectivity index (χ3v) is 14.0. The molecular weight excluding hydrogens is 829 g/mol. The lowest BCUT2D eigenvalue weighted by atomic mass is 10.0. The van der Waals surface area contributed by atoms with Gasteiger partial charge in [-0.1, -0.05) is 304 Å². The smallest absolute Gasteiger partial charge is 0.306 e. The zero-order valence-electron chi connectivity index (χ0n) is 46.0. The van der Waals surface area contributed by atoms with Crippen LogP contribution in [0.25, 0.3) is 0 Å². The Kier molecular flexibility index (Phi) is 52.5. The second kappa shape index (κ2) is 53.8. The molecule has 1 atom stereocenters. The third-order valence-electron chi connectivity index (χ3n) is 14.0. The zero-order chi connectivity index (χ0) is 48.9. The predicted octanol–water partition coefficient (Wildman–Crippen LogP) is 20.0. The van der Waals surface area contributed by atoms with Gasteiger partial charge in [0.25, 0.3) is 0 Å². The van der Waals surface area contributed by atoms with Crippen molar-refractivity contribution >= 4 is 17.9 Å². The Labute approximate surface area is 418 Å². The topological polar surface area (TPSA) is 78.9 Å². The highest BCUT2D eigenvalue weighted by Crippen LogP contribution is 2.18. The molecule has 0 saturated heterocycles. The highest BCUT2D eigenvalue weighted by molar-refractivity contribution is 5.71. The first kappa shape index (κ1) is 65.4.